The summed E-state index contributed by atoms with van der Waals surface area (Å²) in [6.45, 7) is 3.00. The maximum Gasteiger partial charge on any atom is 0.162 e. The van der Waals surface area contributed by atoms with Gasteiger partial charge < -0.3 is 10.6 Å². The topological polar surface area (TPSA) is 41.1 Å². The number of hydrogen-bond acceptors (Lipinski definition) is 3. The van der Waals surface area contributed by atoms with Crippen LogP contribution in [0.5, 0.6) is 0 Å². The van der Waals surface area contributed by atoms with Crippen LogP contribution in [0.3, 0.4) is 0 Å². The van der Waals surface area contributed by atoms with E-state index in [1.165, 1.54) is 35.2 Å². The second-order valence-electron chi connectivity index (χ2n) is 7.65. The summed E-state index contributed by atoms with van der Waals surface area (Å²) in [5.74, 6) is 1.01. The number of carbonyl (C=O) groups is 1. The largest absolute Gasteiger partial charge is 0.381 e. The van der Waals surface area contributed by atoms with Gasteiger partial charge in [0.15, 0.2) is 5.78 Å². The molecule has 26 heavy (non-hydrogen) atoms. The zero-order valence-corrected chi connectivity index (χ0v) is 15.4. The summed E-state index contributed by atoms with van der Waals surface area (Å²) in [7, 11) is 0. The second-order valence-corrected chi connectivity index (χ2v) is 7.65. The Labute approximate surface area is 156 Å². The summed E-state index contributed by atoms with van der Waals surface area (Å²) in [5, 5.41) is 6.95. The first-order valence-corrected chi connectivity index (χ1v) is 9.97. The smallest absolute Gasteiger partial charge is 0.162 e. The summed E-state index contributed by atoms with van der Waals surface area (Å²) in [4.78, 5) is 12.7. The van der Waals surface area contributed by atoms with Gasteiger partial charge in [-0.3, -0.25) is 4.79 Å². The van der Waals surface area contributed by atoms with Crippen LogP contribution >= 0.6 is 0 Å². The maximum absolute atomic E-state index is 12.7. The third-order valence-corrected chi connectivity index (χ3v) is 5.92. The molecule has 0 aliphatic carbocycles. The van der Waals surface area contributed by atoms with Crippen LogP contribution in [0, 0.1) is 5.92 Å². The monoisotopic (exact) mass is 348 g/mol. The Morgan fingerprint density at radius 2 is 1.77 bits per heavy atom. The van der Waals surface area contributed by atoms with E-state index in [0.29, 0.717) is 18.1 Å². The van der Waals surface area contributed by atoms with E-state index in [1.807, 2.05) is 6.07 Å². The fourth-order valence-electron chi connectivity index (χ4n) is 4.23. The molecule has 2 aromatic carbocycles. The van der Waals surface area contributed by atoms with Gasteiger partial charge in [0, 0.05) is 24.2 Å². The number of aryl methyl sites for hydroxylation is 2. The lowest BCUT2D eigenvalue weighted by molar-refractivity contribution is 0.0970. The molecule has 2 aromatic rings. The quantitative estimate of drug-likeness (QED) is 0.807. The van der Waals surface area contributed by atoms with Gasteiger partial charge in [0.2, 0.25) is 0 Å². The lowest BCUT2D eigenvalue weighted by Gasteiger charge is -2.22. The molecule has 2 N–H and O–H groups in total. The zero-order chi connectivity index (χ0) is 17.8. The normalized spacial score (nSPS) is 17.4. The van der Waals surface area contributed by atoms with E-state index in [-0.39, 0.29) is 0 Å². The molecule has 0 aromatic heterocycles. The molecule has 2 heterocycles. The first kappa shape index (κ1) is 17.3. The molecule has 1 fully saturated rings. The number of benzene rings is 2. The predicted molar refractivity (Wildman–Crippen MR) is 107 cm³/mol. The summed E-state index contributed by atoms with van der Waals surface area (Å²) < 4.78 is 0. The van der Waals surface area contributed by atoms with Gasteiger partial charge in [-0.2, -0.15) is 0 Å². The van der Waals surface area contributed by atoms with Crippen LogP contribution in [0.1, 0.15) is 52.7 Å². The fourth-order valence-corrected chi connectivity index (χ4v) is 4.23. The maximum atomic E-state index is 12.7. The van der Waals surface area contributed by atoms with Crippen LogP contribution in [0.25, 0.3) is 0 Å². The molecular formula is C23H28N2O. The van der Waals surface area contributed by atoms with Crippen molar-refractivity contribution in [3.05, 3.63) is 64.7 Å². The number of para-hydroxylation sites is 1. The molecule has 1 saturated heterocycles. The minimum atomic E-state index is 0.300. The Morgan fingerprint density at radius 3 is 2.65 bits per heavy atom. The molecule has 0 unspecified atom stereocenters. The lowest BCUT2D eigenvalue weighted by Crippen LogP contribution is -2.28. The van der Waals surface area contributed by atoms with Crippen molar-refractivity contribution in [3.8, 4) is 0 Å². The van der Waals surface area contributed by atoms with E-state index in [2.05, 4.69) is 47.0 Å². The van der Waals surface area contributed by atoms with E-state index in [1.54, 1.807) is 0 Å². The molecule has 2 aliphatic heterocycles. The fraction of sp³-hybridized carbons (Fsp3) is 0.435. The highest BCUT2D eigenvalue weighted by molar-refractivity contribution is 5.96. The standard InChI is InChI=1S/C23H28N2O/c26-23(10-5-17-11-13-24-14-12-17)20-9-7-18-6-8-19-3-1-2-4-22(19)25-16-21(18)15-20/h1-4,7,9,15,17,24-25H,5-6,8,10-14,16H2. The number of fused-ring (bicyclic) bond motifs is 2. The van der Waals surface area contributed by atoms with Gasteiger partial charge in [-0.1, -0.05) is 30.3 Å². The molecule has 0 atom stereocenters. The third-order valence-electron chi connectivity index (χ3n) is 5.92. The number of anilines is 1. The van der Waals surface area contributed by atoms with Crippen LogP contribution in [-0.2, 0) is 19.4 Å². The Bertz CT molecular complexity index is 778. The zero-order valence-electron chi connectivity index (χ0n) is 15.4. The first-order valence-electron chi connectivity index (χ1n) is 9.97. The van der Waals surface area contributed by atoms with Crippen molar-refractivity contribution in [3.63, 3.8) is 0 Å². The lowest BCUT2D eigenvalue weighted by atomic mass is 9.90. The van der Waals surface area contributed by atoms with E-state index >= 15 is 0 Å². The van der Waals surface area contributed by atoms with Gasteiger partial charge in [-0.25, -0.2) is 0 Å². The van der Waals surface area contributed by atoms with E-state index in [4.69, 9.17) is 0 Å². The number of carbonyl (C=O) groups excluding carboxylic acids is 1. The third kappa shape index (κ3) is 3.99. The van der Waals surface area contributed by atoms with Gasteiger partial charge >= 0.3 is 0 Å². The number of rotatable bonds is 4. The van der Waals surface area contributed by atoms with Crippen molar-refractivity contribution in [1.29, 1.82) is 0 Å². The summed E-state index contributed by atoms with van der Waals surface area (Å²) in [6.07, 6.45) is 6.21. The molecule has 4 rings (SSSR count). The molecule has 0 radical (unpaired) electrons. The number of piperidine rings is 1. The van der Waals surface area contributed by atoms with Crippen molar-refractivity contribution in [2.75, 3.05) is 18.4 Å². The number of nitrogens with one attached hydrogen (secondary N) is 2. The molecular weight excluding hydrogens is 320 g/mol. The highest BCUT2D eigenvalue weighted by Crippen LogP contribution is 2.25. The second kappa shape index (κ2) is 8.05. The molecule has 3 nitrogen and oxygen atoms in total. The van der Waals surface area contributed by atoms with Crippen LogP contribution < -0.4 is 10.6 Å². The predicted octanol–water partition coefficient (Wildman–Crippen LogP) is 4.36. The molecule has 0 spiro atoms. The minimum absolute atomic E-state index is 0.300. The molecule has 3 heteroatoms. The number of ketones is 1. The van der Waals surface area contributed by atoms with Crippen LogP contribution in [-0.4, -0.2) is 18.9 Å². The minimum Gasteiger partial charge on any atom is -0.381 e. The van der Waals surface area contributed by atoms with Crippen molar-refractivity contribution < 1.29 is 4.79 Å². The van der Waals surface area contributed by atoms with Gasteiger partial charge in [0.05, 0.1) is 0 Å². The molecule has 0 amide bonds. The van der Waals surface area contributed by atoms with E-state index in [9.17, 15) is 4.79 Å². The van der Waals surface area contributed by atoms with Crippen molar-refractivity contribution in [2.45, 2.75) is 45.1 Å². The highest BCUT2D eigenvalue weighted by Gasteiger charge is 2.17. The van der Waals surface area contributed by atoms with Crippen molar-refractivity contribution >= 4 is 11.5 Å². The van der Waals surface area contributed by atoms with Crippen molar-refractivity contribution in [1.82, 2.24) is 5.32 Å². The molecule has 136 valence electrons. The SMILES string of the molecule is O=C(CCC1CCNCC1)c1ccc2c(c1)CNc1ccccc1CC2. The van der Waals surface area contributed by atoms with Crippen LogP contribution in [0.15, 0.2) is 42.5 Å². The van der Waals surface area contributed by atoms with Crippen molar-refractivity contribution in [2.24, 2.45) is 5.92 Å². The average Bonchev–Trinajstić information content (AvgIpc) is 2.68. The van der Waals surface area contributed by atoms with Gasteiger partial charge in [0.25, 0.3) is 0 Å². The van der Waals surface area contributed by atoms with Crippen LogP contribution in [0.4, 0.5) is 5.69 Å². The average molecular weight is 348 g/mol. The molecule has 0 bridgehead atoms. The molecule has 2 aliphatic rings. The first-order chi connectivity index (χ1) is 12.8. The van der Waals surface area contributed by atoms with E-state index in [0.717, 1.165) is 44.5 Å². The number of hydrogen-bond donors (Lipinski definition) is 2. The number of Topliss-reactive ketones (excluding diaryl/α,β-unsaturated/α-hetero) is 1. The van der Waals surface area contributed by atoms with Gasteiger partial charge in [-0.15, -0.1) is 0 Å². The Kier molecular flexibility index (Phi) is 5.35. The summed E-state index contributed by atoms with van der Waals surface area (Å²) in [5.41, 5.74) is 6.11. The molecule has 0 saturated carbocycles. The highest BCUT2D eigenvalue weighted by atomic mass is 16.1. The van der Waals surface area contributed by atoms with Gasteiger partial charge in [-0.05, 0) is 79.9 Å². The Balaban J connectivity index is 1.43. The van der Waals surface area contributed by atoms with Crippen LogP contribution in [0.2, 0.25) is 0 Å². The Hall–Kier alpha value is -2.13. The summed E-state index contributed by atoms with van der Waals surface area (Å²) >= 11 is 0. The van der Waals surface area contributed by atoms with Gasteiger partial charge in [0.1, 0.15) is 0 Å². The van der Waals surface area contributed by atoms with E-state index < -0.39 is 0 Å². The Morgan fingerprint density at radius 1 is 0.962 bits per heavy atom. The summed E-state index contributed by atoms with van der Waals surface area (Å²) in [6, 6.07) is 14.9.